The number of ether oxygens (including phenoxy) is 2. The van der Waals surface area contributed by atoms with Crippen LogP contribution < -0.4 is 9.80 Å². The Morgan fingerprint density at radius 1 is 0.927 bits per heavy atom. The number of pyridine rings is 1. The van der Waals surface area contributed by atoms with E-state index in [-0.39, 0.29) is 11.5 Å². The lowest BCUT2D eigenvalue weighted by Gasteiger charge is -2.30. The summed E-state index contributed by atoms with van der Waals surface area (Å²) in [7, 11) is -5.54. The van der Waals surface area contributed by atoms with Gasteiger partial charge in [0.2, 0.25) is 0 Å². The second-order valence-electron chi connectivity index (χ2n) is 13.0. The molecular formula is C27H43BrN6O4SSi2. The van der Waals surface area contributed by atoms with E-state index in [1.165, 1.54) is 0 Å². The molecule has 4 rings (SSSR count). The zero-order valence-electron chi connectivity index (χ0n) is 25.1. The van der Waals surface area contributed by atoms with Crippen LogP contribution in [-0.4, -0.2) is 95.4 Å². The first-order chi connectivity index (χ1) is 19.2. The smallest absolute Gasteiger partial charge is 0.167 e. The third-order valence-electron chi connectivity index (χ3n) is 6.93. The summed E-state index contributed by atoms with van der Waals surface area (Å²) < 4.78 is 39.4. The Labute approximate surface area is 254 Å². The number of aromatic nitrogens is 4. The number of anilines is 2. The second kappa shape index (κ2) is 13.2. The van der Waals surface area contributed by atoms with E-state index in [0.29, 0.717) is 51.2 Å². The molecule has 0 radical (unpaired) electrons. The molecule has 4 heterocycles. The number of sulfone groups is 1. The molecule has 14 heteroatoms. The van der Waals surface area contributed by atoms with Crippen LogP contribution in [0.2, 0.25) is 51.4 Å². The molecule has 0 unspecified atom stereocenters. The molecule has 41 heavy (non-hydrogen) atoms. The fourth-order valence-corrected chi connectivity index (χ4v) is 7.38. The van der Waals surface area contributed by atoms with Crippen LogP contribution in [-0.2, 0) is 19.3 Å². The lowest BCUT2D eigenvalue weighted by molar-refractivity contribution is 0.0942. The van der Waals surface area contributed by atoms with E-state index in [2.05, 4.69) is 65.1 Å². The number of rotatable bonds is 13. The molecule has 0 N–H and O–H groups in total. The first kappa shape index (κ1) is 32.1. The summed E-state index contributed by atoms with van der Waals surface area (Å²) in [5, 5.41) is 4.75. The highest BCUT2D eigenvalue weighted by Gasteiger charge is 2.26. The van der Waals surface area contributed by atoms with Crippen molar-refractivity contribution in [1.82, 2.24) is 19.6 Å². The quantitative estimate of drug-likeness (QED) is 0.136. The SMILES string of the molecule is C[Si](C)(C)CCOCN(COCC[Si](C)(C)C)c1cc(N2CCS(=O)(=O)CC2)nc2c(-c3cncc(Br)c3)cnn12. The van der Waals surface area contributed by atoms with Crippen molar-refractivity contribution in [3.63, 3.8) is 0 Å². The molecule has 1 aliphatic rings. The van der Waals surface area contributed by atoms with E-state index < -0.39 is 26.0 Å². The number of hydrogen-bond donors (Lipinski definition) is 0. The summed E-state index contributed by atoms with van der Waals surface area (Å²) in [6.07, 6.45) is 5.33. The molecule has 0 aromatic carbocycles. The van der Waals surface area contributed by atoms with Crippen molar-refractivity contribution < 1.29 is 17.9 Å². The maximum absolute atomic E-state index is 12.2. The van der Waals surface area contributed by atoms with Crippen LogP contribution in [0.25, 0.3) is 16.8 Å². The Morgan fingerprint density at radius 3 is 2.10 bits per heavy atom. The summed E-state index contributed by atoms with van der Waals surface area (Å²) >= 11 is 3.52. The van der Waals surface area contributed by atoms with E-state index in [1.807, 2.05) is 21.5 Å². The third-order valence-corrected chi connectivity index (χ3v) is 12.4. The van der Waals surface area contributed by atoms with E-state index in [1.54, 1.807) is 18.6 Å². The van der Waals surface area contributed by atoms with Crippen molar-refractivity contribution >= 4 is 59.2 Å². The number of hydrogen-bond acceptors (Lipinski definition) is 9. The Bertz CT molecular complexity index is 1410. The van der Waals surface area contributed by atoms with Gasteiger partial charge in [-0.3, -0.25) is 4.98 Å². The van der Waals surface area contributed by atoms with Gasteiger partial charge in [-0.1, -0.05) is 39.3 Å². The van der Waals surface area contributed by atoms with Gasteiger partial charge in [-0.05, 0) is 34.1 Å². The van der Waals surface area contributed by atoms with Crippen molar-refractivity contribution in [3.05, 3.63) is 35.2 Å². The minimum absolute atomic E-state index is 0.111. The second-order valence-corrected chi connectivity index (χ2v) is 27.5. The zero-order chi connectivity index (χ0) is 29.8. The molecule has 0 amide bonds. The summed E-state index contributed by atoms with van der Waals surface area (Å²) in [5.41, 5.74) is 2.39. The average molecular weight is 684 g/mol. The minimum atomic E-state index is -3.04. The van der Waals surface area contributed by atoms with E-state index in [0.717, 1.165) is 33.5 Å². The molecule has 3 aromatic heterocycles. The van der Waals surface area contributed by atoms with Crippen LogP contribution in [0.5, 0.6) is 0 Å². The first-order valence-corrected chi connectivity index (χ1v) is 24.1. The molecule has 226 valence electrons. The van der Waals surface area contributed by atoms with Gasteiger partial charge in [-0.2, -0.15) is 9.61 Å². The number of nitrogens with zero attached hydrogens (tertiary/aromatic N) is 6. The molecule has 0 spiro atoms. The summed E-state index contributed by atoms with van der Waals surface area (Å²) in [4.78, 5) is 13.4. The summed E-state index contributed by atoms with van der Waals surface area (Å²) in [5.74, 6) is 1.72. The zero-order valence-corrected chi connectivity index (χ0v) is 29.5. The monoisotopic (exact) mass is 682 g/mol. The van der Waals surface area contributed by atoms with Gasteiger partial charge in [0.15, 0.2) is 15.5 Å². The predicted octanol–water partition coefficient (Wildman–Crippen LogP) is 5.22. The molecular weight excluding hydrogens is 640 g/mol. The van der Waals surface area contributed by atoms with E-state index >= 15 is 0 Å². The number of halogens is 1. The van der Waals surface area contributed by atoms with Crippen LogP contribution >= 0.6 is 15.9 Å². The standard InChI is InChI=1S/C27H43BrN6O4SSi2/c1-40(2,3)13-9-37-20-33(21-38-10-14-41(4,5)6)26-16-25(32-7-11-39(35,36)12-8-32)31-27-24(19-30-34(26)27)22-15-23(28)18-29-17-22/h15-19H,7-14,20-21H2,1-6H3. The molecule has 0 bridgehead atoms. The highest BCUT2D eigenvalue weighted by atomic mass is 79.9. The van der Waals surface area contributed by atoms with E-state index in [9.17, 15) is 8.42 Å². The largest absolute Gasteiger partial charge is 0.361 e. The molecule has 0 atom stereocenters. The Morgan fingerprint density at radius 2 is 1.54 bits per heavy atom. The minimum Gasteiger partial charge on any atom is -0.361 e. The lowest BCUT2D eigenvalue weighted by atomic mass is 10.1. The van der Waals surface area contributed by atoms with Crippen molar-refractivity contribution in [3.8, 4) is 11.1 Å². The molecule has 3 aromatic rings. The highest BCUT2D eigenvalue weighted by molar-refractivity contribution is 9.10. The molecule has 1 aliphatic heterocycles. The van der Waals surface area contributed by atoms with Crippen molar-refractivity contribution in [2.75, 3.05) is 61.1 Å². The average Bonchev–Trinajstić information content (AvgIpc) is 3.30. The van der Waals surface area contributed by atoms with Crippen LogP contribution in [0.4, 0.5) is 11.6 Å². The highest BCUT2D eigenvalue weighted by Crippen LogP contribution is 2.31. The van der Waals surface area contributed by atoms with Gasteiger partial charge < -0.3 is 19.3 Å². The maximum Gasteiger partial charge on any atom is 0.167 e. The van der Waals surface area contributed by atoms with Gasteiger partial charge >= 0.3 is 0 Å². The number of fused-ring (bicyclic) bond motifs is 1. The third kappa shape index (κ3) is 9.32. The molecule has 1 fully saturated rings. The van der Waals surface area contributed by atoms with Gasteiger partial charge in [0.1, 0.15) is 25.1 Å². The first-order valence-electron chi connectivity index (χ1n) is 14.1. The van der Waals surface area contributed by atoms with Gasteiger partial charge in [-0.25, -0.2) is 13.4 Å². The maximum atomic E-state index is 12.2. The lowest BCUT2D eigenvalue weighted by Crippen LogP contribution is -2.41. The Balaban J connectivity index is 1.73. The molecule has 1 saturated heterocycles. The van der Waals surface area contributed by atoms with Gasteiger partial charge in [0.05, 0.1) is 17.7 Å². The van der Waals surface area contributed by atoms with Crippen LogP contribution in [0.15, 0.2) is 35.2 Å². The van der Waals surface area contributed by atoms with Crippen LogP contribution in [0, 0.1) is 0 Å². The predicted molar refractivity (Wildman–Crippen MR) is 175 cm³/mol. The fourth-order valence-electron chi connectivity index (χ4n) is 4.30. The van der Waals surface area contributed by atoms with Crippen LogP contribution in [0.1, 0.15) is 0 Å². The molecule has 0 aliphatic carbocycles. The van der Waals surface area contributed by atoms with Gasteiger partial charge in [0, 0.05) is 76.5 Å². The fraction of sp³-hybridized carbons (Fsp3) is 0.593. The van der Waals surface area contributed by atoms with Gasteiger partial charge in [0.25, 0.3) is 0 Å². The summed E-state index contributed by atoms with van der Waals surface area (Å²) in [6.45, 7) is 16.9. The Hall–Kier alpha value is -1.85. The normalized spacial score (nSPS) is 15.9. The van der Waals surface area contributed by atoms with Crippen molar-refractivity contribution in [2.24, 2.45) is 0 Å². The van der Waals surface area contributed by atoms with Crippen molar-refractivity contribution in [2.45, 2.75) is 51.4 Å². The van der Waals surface area contributed by atoms with Gasteiger partial charge in [-0.15, -0.1) is 0 Å². The summed E-state index contributed by atoms with van der Waals surface area (Å²) in [6, 6.07) is 6.10. The van der Waals surface area contributed by atoms with Crippen molar-refractivity contribution in [1.29, 1.82) is 0 Å². The topological polar surface area (TPSA) is 102 Å². The van der Waals surface area contributed by atoms with Crippen LogP contribution in [0.3, 0.4) is 0 Å². The molecule has 10 nitrogen and oxygen atoms in total. The Kier molecular flexibility index (Phi) is 10.3. The van der Waals surface area contributed by atoms with E-state index in [4.69, 9.17) is 19.6 Å². The molecule has 0 saturated carbocycles.